The fourth-order valence-electron chi connectivity index (χ4n) is 3.37. The topological polar surface area (TPSA) is 214 Å². The van der Waals surface area contributed by atoms with E-state index in [9.17, 15) is 39.3 Å². The molecule has 1 aliphatic rings. The van der Waals surface area contributed by atoms with E-state index in [1.807, 2.05) is 0 Å². The fourth-order valence-corrected chi connectivity index (χ4v) is 3.37. The standard InChI is InChI=1S/C21H28N4O9/c26-10-16(25-18(30)13-2-1-7-22-13)20(32)23-14(9-17(28)29)19(31)24-15(21(33)34)8-11-3-5-12(27)6-4-11/h3-6,13-16,22,26-27H,1-2,7-10H2,(H,23,32)(H,24,31)(H,25,30)(H,28,29)(H,33,34). The lowest BCUT2D eigenvalue weighted by atomic mass is 10.0. The molecular weight excluding hydrogens is 452 g/mol. The van der Waals surface area contributed by atoms with Crippen LogP contribution in [0.4, 0.5) is 0 Å². The minimum absolute atomic E-state index is 0.0295. The van der Waals surface area contributed by atoms with Crippen LogP contribution in [-0.4, -0.2) is 87.4 Å². The van der Waals surface area contributed by atoms with Gasteiger partial charge in [0.05, 0.1) is 19.1 Å². The van der Waals surface area contributed by atoms with Gasteiger partial charge < -0.3 is 41.7 Å². The Morgan fingerprint density at radius 1 is 0.941 bits per heavy atom. The quantitative estimate of drug-likeness (QED) is 0.160. The Morgan fingerprint density at radius 3 is 2.09 bits per heavy atom. The van der Waals surface area contributed by atoms with Gasteiger partial charge in [-0.1, -0.05) is 12.1 Å². The van der Waals surface area contributed by atoms with Crippen molar-refractivity contribution in [3.63, 3.8) is 0 Å². The van der Waals surface area contributed by atoms with Gasteiger partial charge in [0, 0.05) is 6.42 Å². The predicted molar refractivity (Wildman–Crippen MR) is 116 cm³/mol. The second kappa shape index (κ2) is 12.5. The third kappa shape index (κ3) is 8.01. The van der Waals surface area contributed by atoms with E-state index >= 15 is 0 Å². The van der Waals surface area contributed by atoms with Crippen molar-refractivity contribution in [2.45, 2.75) is 49.9 Å². The molecule has 3 amide bonds. The summed E-state index contributed by atoms with van der Waals surface area (Å²) in [5.41, 5.74) is 0.480. The molecular formula is C21H28N4O9. The molecule has 1 aromatic rings. The van der Waals surface area contributed by atoms with Gasteiger partial charge in [-0.3, -0.25) is 19.2 Å². The Labute approximate surface area is 194 Å². The number of phenols is 1. The maximum atomic E-state index is 12.7. The van der Waals surface area contributed by atoms with Crippen LogP contribution in [0.5, 0.6) is 5.75 Å². The zero-order valence-corrected chi connectivity index (χ0v) is 18.2. The van der Waals surface area contributed by atoms with Crippen molar-refractivity contribution in [3.8, 4) is 5.75 Å². The predicted octanol–water partition coefficient (Wildman–Crippen LogP) is -2.31. The number of hydrogen-bond acceptors (Lipinski definition) is 8. The smallest absolute Gasteiger partial charge is 0.326 e. The maximum Gasteiger partial charge on any atom is 0.326 e. The number of aliphatic hydroxyl groups is 1. The molecule has 1 heterocycles. The van der Waals surface area contributed by atoms with Gasteiger partial charge in [-0.15, -0.1) is 0 Å². The Hall–Kier alpha value is -3.71. The number of hydrogen-bond donors (Lipinski definition) is 8. The van der Waals surface area contributed by atoms with Crippen molar-refractivity contribution in [3.05, 3.63) is 29.8 Å². The molecule has 13 heteroatoms. The summed E-state index contributed by atoms with van der Waals surface area (Å²) in [7, 11) is 0. The van der Waals surface area contributed by atoms with Crippen molar-refractivity contribution in [1.29, 1.82) is 0 Å². The molecule has 4 unspecified atom stereocenters. The van der Waals surface area contributed by atoms with Crippen molar-refractivity contribution in [2.24, 2.45) is 0 Å². The Bertz CT molecular complexity index is 900. The fraction of sp³-hybridized carbons (Fsp3) is 0.476. The van der Waals surface area contributed by atoms with Crippen LogP contribution in [0.25, 0.3) is 0 Å². The van der Waals surface area contributed by atoms with E-state index in [2.05, 4.69) is 21.3 Å². The highest BCUT2D eigenvalue weighted by Gasteiger charge is 2.32. The van der Waals surface area contributed by atoms with Gasteiger partial charge in [0.15, 0.2) is 0 Å². The minimum atomic E-state index is -1.66. The van der Waals surface area contributed by atoms with E-state index in [0.717, 1.165) is 6.42 Å². The molecule has 0 aromatic heterocycles. The molecule has 186 valence electrons. The number of aliphatic hydroxyl groups excluding tert-OH is 1. The number of carboxylic acids is 2. The van der Waals surface area contributed by atoms with Crippen LogP contribution in [0, 0.1) is 0 Å². The molecule has 34 heavy (non-hydrogen) atoms. The second-order valence-electron chi connectivity index (χ2n) is 7.82. The summed E-state index contributed by atoms with van der Waals surface area (Å²) in [6.07, 6.45) is 0.287. The van der Waals surface area contributed by atoms with E-state index in [-0.39, 0.29) is 12.2 Å². The van der Waals surface area contributed by atoms with E-state index < -0.39 is 66.9 Å². The average molecular weight is 480 g/mol. The van der Waals surface area contributed by atoms with Gasteiger partial charge in [-0.25, -0.2) is 4.79 Å². The van der Waals surface area contributed by atoms with Crippen LogP contribution in [0.15, 0.2) is 24.3 Å². The number of aromatic hydroxyl groups is 1. The SMILES string of the molecule is O=C(O)CC(NC(=O)C(CO)NC(=O)C1CCCN1)C(=O)NC(Cc1ccc(O)cc1)C(=O)O. The summed E-state index contributed by atoms with van der Waals surface area (Å²) in [4.78, 5) is 60.3. The van der Waals surface area contributed by atoms with Crippen LogP contribution in [0.2, 0.25) is 0 Å². The van der Waals surface area contributed by atoms with Crippen molar-refractivity contribution in [2.75, 3.05) is 13.2 Å². The van der Waals surface area contributed by atoms with Gasteiger partial charge >= 0.3 is 11.9 Å². The molecule has 1 saturated heterocycles. The van der Waals surface area contributed by atoms with E-state index in [4.69, 9.17) is 5.11 Å². The lowest BCUT2D eigenvalue weighted by Gasteiger charge is -2.23. The number of carbonyl (C=O) groups is 5. The van der Waals surface area contributed by atoms with Crippen molar-refractivity contribution >= 4 is 29.7 Å². The van der Waals surface area contributed by atoms with E-state index in [1.54, 1.807) is 0 Å². The summed E-state index contributed by atoms with van der Waals surface area (Å²) in [6.45, 7) is -0.172. The summed E-state index contributed by atoms with van der Waals surface area (Å²) < 4.78 is 0. The average Bonchev–Trinajstić information content (AvgIpc) is 3.32. The third-order valence-electron chi connectivity index (χ3n) is 5.19. The number of nitrogens with one attached hydrogen (secondary N) is 4. The van der Waals surface area contributed by atoms with Gasteiger partial charge in [-0.05, 0) is 37.1 Å². The van der Waals surface area contributed by atoms with Crippen LogP contribution in [-0.2, 0) is 30.4 Å². The Balaban J connectivity index is 2.06. The van der Waals surface area contributed by atoms with Gasteiger partial charge in [0.1, 0.15) is 23.9 Å². The number of carbonyl (C=O) groups excluding carboxylic acids is 3. The first kappa shape index (κ1) is 26.5. The lowest BCUT2D eigenvalue weighted by Crippen LogP contribution is -2.58. The van der Waals surface area contributed by atoms with Gasteiger partial charge in [-0.2, -0.15) is 0 Å². The van der Waals surface area contributed by atoms with Gasteiger partial charge in [0.2, 0.25) is 17.7 Å². The molecule has 0 saturated carbocycles. The number of carboxylic acid groups (broad SMARTS) is 2. The second-order valence-corrected chi connectivity index (χ2v) is 7.82. The zero-order valence-electron chi connectivity index (χ0n) is 18.2. The highest BCUT2D eigenvalue weighted by molar-refractivity contribution is 5.95. The van der Waals surface area contributed by atoms with E-state index in [0.29, 0.717) is 18.5 Å². The summed E-state index contributed by atoms with van der Waals surface area (Å²) in [5.74, 6) is -5.45. The zero-order chi connectivity index (χ0) is 25.3. The minimum Gasteiger partial charge on any atom is -0.508 e. The highest BCUT2D eigenvalue weighted by Crippen LogP contribution is 2.12. The number of aliphatic carboxylic acids is 2. The number of amides is 3. The molecule has 0 spiro atoms. The first-order valence-electron chi connectivity index (χ1n) is 10.6. The molecule has 2 rings (SSSR count). The summed E-state index contributed by atoms with van der Waals surface area (Å²) in [5, 5.41) is 47.1. The molecule has 1 aliphatic heterocycles. The number of rotatable bonds is 12. The monoisotopic (exact) mass is 480 g/mol. The molecule has 0 radical (unpaired) electrons. The molecule has 8 N–H and O–H groups in total. The third-order valence-corrected chi connectivity index (χ3v) is 5.19. The van der Waals surface area contributed by atoms with Crippen LogP contribution in [0.3, 0.4) is 0 Å². The highest BCUT2D eigenvalue weighted by atomic mass is 16.4. The number of phenolic OH excluding ortho intramolecular Hbond substituents is 1. The van der Waals surface area contributed by atoms with Crippen molar-refractivity contribution in [1.82, 2.24) is 21.3 Å². The molecule has 13 nitrogen and oxygen atoms in total. The normalized spacial score (nSPS) is 17.7. The van der Waals surface area contributed by atoms with Crippen LogP contribution < -0.4 is 21.3 Å². The molecule has 0 bridgehead atoms. The lowest BCUT2D eigenvalue weighted by molar-refractivity contribution is -0.143. The van der Waals surface area contributed by atoms with E-state index in [1.165, 1.54) is 24.3 Å². The molecule has 1 aromatic carbocycles. The van der Waals surface area contributed by atoms with Crippen LogP contribution >= 0.6 is 0 Å². The largest absolute Gasteiger partial charge is 0.508 e. The first-order chi connectivity index (χ1) is 16.1. The van der Waals surface area contributed by atoms with Crippen LogP contribution in [0.1, 0.15) is 24.8 Å². The molecule has 0 aliphatic carbocycles. The number of benzene rings is 1. The molecule has 1 fully saturated rings. The first-order valence-corrected chi connectivity index (χ1v) is 10.6. The van der Waals surface area contributed by atoms with Gasteiger partial charge in [0.25, 0.3) is 0 Å². The summed E-state index contributed by atoms with van der Waals surface area (Å²) in [6, 6.07) is 0.516. The molecule has 4 atom stereocenters. The Morgan fingerprint density at radius 2 is 1.56 bits per heavy atom. The summed E-state index contributed by atoms with van der Waals surface area (Å²) >= 11 is 0. The Kier molecular flexibility index (Phi) is 9.76. The maximum absolute atomic E-state index is 12.7. The van der Waals surface area contributed by atoms with Crippen molar-refractivity contribution < 1.29 is 44.4 Å².